The fourth-order valence-corrected chi connectivity index (χ4v) is 2.66. The van der Waals surface area contributed by atoms with Gasteiger partial charge in [0.15, 0.2) is 5.65 Å². The Balaban J connectivity index is 2.12. The van der Waals surface area contributed by atoms with Gasteiger partial charge in [-0.15, -0.1) is 0 Å². The van der Waals surface area contributed by atoms with Gasteiger partial charge in [-0.05, 0) is 26.8 Å². The SMILES string of the molecule is COc1ccccc1-c1cnn2c(C)c(C(=O)NC(C)C)cnc12. The molecule has 0 atom stereocenters. The molecule has 1 N–H and O–H groups in total. The van der Waals surface area contributed by atoms with E-state index < -0.39 is 0 Å². The molecule has 3 aromatic rings. The van der Waals surface area contributed by atoms with Gasteiger partial charge < -0.3 is 10.1 Å². The number of fused-ring (bicyclic) bond motifs is 1. The summed E-state index contributed by atoms with van der Waals surface area (Å²) in [6.45, 7) is 5.71. The molecule has 0 aliphatic rings. The maximum atomic E-state index is 12.3. The number of benzene rings is 1. The molecular formula is C18H20N4O2. The summed E-state index contributed by atoms with van der Waals surface area (Å²) in [6.07, 6.45) is 3.35. The Bertz CT molecular complexity index is 899. The summed E-state index contributed by atoms with van der Waals surface area (Å²) in [6, 6.07) is 7.79. The average Bonchev–Trinajstić information content (AvgIpc) is 2.99. The number of hydrogen-bond donors (Lipinski definition) is 1. The van der Waals surface area contributed by atoms with Crippen LogP contribution in [0, 0.1) is 6.92 Å². The number of methoxy groups -OCH3 is 1. The molecule has 0 saturated carbocycles. The number of nitrogens with one attached hydrogen (secondary N) is 1. The van der Waals surface area contributed by atoms with E-state index in [2.05, 4.69) is 15.4 Å². The van der Waals surface area contributed by atoms with Crippen LogP contribution in [0.15, 0.2) is 36.7 Å². The molecule has 0 aliphatic carbocycles. The molecule has 0 aliphatic heterocycles. The zero-order valence-corrected chi connectivity index (χ0v) is 14.2. The predicted molar refractivity (Wildman–Crippen MR) is 92.3 cm³/mol. The zero-order chi connectivity index (χ0) is 17.3. The van der Waals surface area contributed by atoms with Crippen molar-refractivity contribution in [2.24, 2.45) is 0 Å². The number of aromatic nitrogens is 3. The lowest BCUT2D eigenvalue weighted by molar-refractivity contribution is 0.0941. The third kappa shape index (κ3) is 2.71. The van der Waals surface area contributed by atoms with Crippen LogP contribution in [0.25, 0.3) is 16.8 Å². The Morgan fingerprint density at radius 1 is 1.21 bits per heavy atom. The third-order valence-electron chi connectivity index (χ3n) is 3.83. The Labute approximate surface area is 140 Å². The number of carbonyl (C=O) groups is 1. The molecule has 24 heavy (non-hydrogen) atoms. The molecule has 6 heteroatoms. The van der Waals surface area contributed by atoms with Gasteiger partial charge in [0.25, 0.3) is 5.91 Å². The van der Waals surface area contributed by atoms with E-state index in [9.17, 15) is 4.79 Å². The molecular weight excluding hydrogens is 304 g/mol. The Morgan fingerprint density at radius 2 is 1.96 bits per heavy atom. The molecule has 3 rings (SSSR count). The van der Waals surface area contributed by atoms with E-state index in [1.165, 1.54) is 0 Å². The van der Waals surface area contributed by atoms with Crippen molar-refractivity contribution in [2.75, 3.05) is 7.11 Å². The van der Waals surface area contributed by atoms with Gasteiger partial charge in [0.1, 0.15) is 5.75 Å². The van der Waals surface area contributed by atoms with Crippen LogP contribution in [-0.4, -0.2) is 33.7 Å². The van der Waals surface area contributed by atoms with Crippen LogP contribution in [0.2, 0.25) is 0 Å². The Morgan fingerprint density at radius 3 is 2.67 bits per heavy atom. The molecule has 0 unspecified atom stereocenters. The molecule has 0 radical (unpaired) electrons. The fraction of sp³-hybridized carbons (Fsp3) is 0.278. The quantitative estimate of drug-likeness (QED) is 0.801. The third-order valence-corrected chi connectivity index (χ3v) is 3.83. The summed E-state index contributed by atoms with van der Waals surface area (Å²) < 4.78 is 7.12. The fourth-order valence-electron chi connectivity index (χ4n) is 2.66. The van der Waals surface area contributed by atoms with E-state index in [1.54, 1.807) is 24.0 Å². The molecule has 0 bridgehead atoms. The second-order valence-corrected chi connectivity index (χ2v) is 5.88. The number of aryl methyl sites for hydroxylation is 1. The second kappa shape index (κ2) is 6.31. The summed E-state index contributed by atoms with van der Waals surface area (Å²) in [5.74, 6) is 0.611. The van der Waals surface area contributed by atoms with Crippen LogP contribution in [0.1, 0.15) is 29.9 Å². The van der Waals surface area contributed by atoms with Crippen LogP contribution in [0.4, 0.5) is 0 Å². The van der Waals surface area contributed by atoms with Crippen LogP contribution in [0.5, 0.6) is 5.75 Å². The Hall–Kier alpha value is -2.89. The summed E-state index contributed by atoms with van der Waals surface area (Å²) in [7, 11) is 1.64. The van der Waals surface area contributed by atoms with Gasteiger partial charge in [0.05, 0.1) is 30.1 Å². The maximum absolute atomic E-state index is 12.3. The molecule has 1 aromatic carbocycles. The van der Waals surface area contributed by atoms with Gasteiger partial charge in [-0.3, -0.25) is 4.79 Å². The van der Waals surface area contributed by atoms with Gasteiger partial charge in [0.2, 0.25) is 0 Å². The zero-order valence-electron chi connectivity index (χ0n) is 14.2. The maximum Gasteiger partial charge on any atom is 0.254 e. The van der Waals surface area contributed by atoms with E-state index >= 15 is 0 Å². The number of ether oxygens (including phenoxy) is 1. The smallest absolute Gasteiger partial charge is 0.254 e. The van der Waals surface area contributed by atoms with Crippen LogP contribution in [0.3, 0.4) is 0 Å². The number of para-hydroxylation sites is 1. The number of rotatable bonds is 4. The monoisotopic (exact) mass is 324 g/mol. The van der Waals surface area contributed by atoms with Gasteiger partial charge >= 0.3 is 0 Å². The first-order chi connectivity index (χ1) is 11.5. The van der Waals surface area contributed by atoms with Crippen molar-refractivity contribution in [1.82, 2.24) is 19.9 Å². The molecule has 0 saturated heterocycles. The topological polar surface area (TPSA) is 68.5 Å². The van der Waals surface area contributed by atoms with E-state index in [0.29, 0.717) is 11.2 Å². The number of carbonyl (C=O) groups excluding carboxylic acids is 1. The average molecular weight is 324 g/mol. The summed E-state index contributed by atoms with van der Waals surface area (Å²) >= 11 is 0. The molecule has 124 valence electrons. The number of nitrogens with zero attached hydrogens (tertiary/aromatic N) is 3. The first-order valence-electron chi connectivity index (χ1n) is 7.80. The molecule has 2 heterocycles. The van der Waals surface area contributed by atoms with Crippen molar-refractivity contribution in [2.45, 2.75) is 26.8 Å². The highest BCUT2D eigenvalue weighted by Gasteiger charge is 2.18. The summed E-state index contributed by atoms with van der Waals surface area (Å²) in [5.41, 5.74) is 3.75. The van der Waals surface area contributed by atoms with Crippen molar-refractivity contribution >= 4 is 11.6 Å². The van der Waals surface area contributed by atoms with Crippen LogP contribution >= 0.6 is 0 Å². The van der Waals surface area contributed by atoms with E-state index in [1.807, 2.05) is 45.0 Å². The van der Waals surface area contributed by atoms with Gasteiger partial charge in [0, 0.05) is 17.8 Å². The van der Waals surface area contributed by atoms with Crippen molar-refractivity contribution in [3.8, 4) is 16.9 Å². The van der Waals surface area contributed by atoms with Crippen LogP contribution < -0.4 is 10.1 Å². The molecule has 0 spiro atoms. The first-order valence-corrected chi connectivity index (χ1v) is 7.80. The minimum absolute atomic E-state index is 0.0642. The highest BCUT2D eigenvalue weighted by atomic mass is 16.5. The summed E-state index contributed by atoms with van der Waals surface area (Å²) in [4.78, 5) is 16.8. The lowest BCUT2D eigenvalue weighted by atomic mass is 10.1. The van der Waals surface area contributed by atoms with E-state index in [-0.39, 0.29) is 11.9 Å². The van der Waals surface area contributed by atoms with Crippen LogP contribution in [-0.2, 0) is 0 Å². The lowest BCUT2D eigenvalue weighted by Crippen LogP contribution is -2.31. The predicted octanol–water partition coefficient (Wildman–Crippen LogP) is 2.85. The normalized spacial score (nSPS) is 11.0. The molecule has 2 aromatic heterocycles. The largest absolute Gasteiger partial charge is 0.496 e. The Kier molecular flexibility index (Phi) is 4.20. The minimum Gasteiger partial charge on any atom is -0.496 e. The highest BCUT2D eigenvalue weighted by molar-refractivity contribution is 5.95. The molecule has 0 fully saturated rings. The standard InChI is InChI=1S/C18H20N4O2/c1-11(2)21-18(23)14-9-19-17-15(10-20-22(17)12(14)3)13-7-5-6-8-16(13)24-4/h5-11H,1-4H3,(H,21,23). The number of hydrogen-bond acceptors (Lipinski definition) is 4. The molecule has 6 nitrogen and oxygen atoms in total. The van der Waals surface area contributed by atoms with Gasteiger partial charge in [-0.1, -0.05) is 18.2 Å². The first kappa shape index (κ1) is 16.0. The van der Waals surface area contributed by atoms with E-state index in [0.717, 1.165) is 22.6 Å². The van der Waals surface area contributed by atoms with Crippen molar-refractivity contribution in [3.05, 3.63) is 47.9 Å². The van der Waals surface area contributed by atoms with Crippen molar-refractivity contribution in [3.63, 3.8) is 0 Å². The van der Waals surface area contributed by atoms with Crippen molar-refractivity contribution < 1.29 is 9.53 Å². The highest BCUT2D eigenvalue weighted by Crippen LogP contribution is 2.32. The van der Waals surface area contributed by atoms with Gasteiger partial charge in [-0.2, -0.15) is 5.10 Å². The number of amides is 1. The van der Waals surface area contributed by atoms with E-state index in [4.69, 9.17) is 4.74 Å². The second-order valence-electron chi connectivity index (χ2n) is 5.88. The lowest BCUT2D eigenvalue weighted by Gasteiger charge is -2.11. The summed E-state index contributed by atoms with van der Waals surface area (Å²) in [5, 5.41) is 7.29. The molecule has 1 amide bonds. The minimum atomic E-state index is -0.147. The van der Waals surface area contributed by atoms with Crippen molar-refractivity contribution in [1.29, 1.82) is 0 Å². The van der Waals surface area contributed by atoms with Gasteiger partial charge in [-0.25, -0.2) is 9.50 Å².